The van der Waals surface area contributed by atoms with Crippen molar-refractivity contribution in [3.8, 4) is 6.07 Å². The third kappa shape index (κ3) is 4.70. The molecule has 126 valence electrons. The number of para-hydroxylation sites is 1. The zero-order valence-corrected chi connectivity index (χ0v) is 14.0. The number of nitriles is 1. The first-order valence-corrected chi connectivity index (χ1v) is 7.54. The highest BCUT2D eigenvalue weighted by Crippen LogP contribution is 2.27. The maximum absolute atomic E-state index is 12.2. The van der Waals surface area contributed by atoms with Crippen LogP contribution in [0.5, 0.6) is 0 Å². The molecule has 0 saturated heterocycles. The Labute approximate surface area is 152 Å². The molecule has 7 nitrogen and oxygen atoms in total. The maximum atomic E-state index is 12.2. The van der Waals surface area contributed by atoms with E-state index in [-0.39, 0.29) is 22.0 Å². The Bertz CT molecular complexity index is 906. The number of amides is 1. The summed E-state index contributed by atoms with van der Waals surface area (Å²) in [6.07, 6.45) is 1.18. The molecule has 1 amide bonds. The number of nitro benzene ring substituents is 1. The SMILES string of the molecule is N#C/C(=C/Nc1ccccc1Cl)C(=O)Nc1cc([N+](=O)[O-])ccc1Cl. The molecule has 2 N–H and O–H groups in total. The average Bonchev–Trinajstić information content (AvgIpc) is 2.58. The van der Waals surface area contributed by atoms with Gasteiger partial charge in [-0.1, -0.05) is 35.3 Å². The van der Waals surface area contributed by atoms with Crippen LogP contribution in [0.25, 0.3) is 0 Å². The lowest BCUT2D eigenvalue weighted by molar-refractivity contribution is -0.384. The van der Waals surface area contributed by atoms with Crippen molar-refractivity contribution in [2.75, 3.05) is 10.6 Å². The molecule has 25 heavy (non-hydrogen) atoms. The lowest BCUT2D eigenvalue weighted by atomic mass is 10.2. The van der Waals surface area contributed by atoms with E-state index in [0.29, 0.717) is 10.7 Å². The number of halogens is 2. The topological polar surface area (TPSA) is 108 Å². The Kier molecular flexibility index (Phi) is 5.95. The Hall–Kier alpha value is -3.08. The minimum atomic E-state index is -0.774. The number of nitro groups is 1. The fourth-order valence-corrected chi connectivity index (χ4v) is 2.14. The van der Waals surface area contributed by atoms with Crippen molar-refractivity contribution < 1.29 is 9.72 Å². The standard InChI is InChI=1S/C16H10Cl2N4O3/c17-12-3-1-2-4-14(12)20-9-10(8-19)16(23)21-15-7-11(22(24)25)5-6-13(15)18/h1-7,9,20H,(H,21,23)/b10-9-. The van der Waals surface area contributed by atoms with E-state index >= 15 is 0 Å². The van der Waals surface area contributed by atoms with E-state index in [1.54, 1.807) is 30.3 Å². The minimum Gasteiger partial charge on any atom is -0.359 e. The molecule has 0 aliphatic heterocycles. The monoisotopic (exact) mass is 376 g/mol. The van der Waals surface area contributed by atoms with Crippen LogP contribution in [0.1, 0.15) is 0 Å². The zero-order valence-electron chi connectivity index (χ0n) is 12.5. The van der Waals surface area contributed by atoms with E-state index in [0.717, 1.165) is 6.07 Å². The number of carbonyl (C=O) groups is 1. The summed E-state index contributed by atoms with van der Waals surface area (Å²) < 4.78 is 0. The van der Waals surface area contributed by atoms with E-state index in [4.69, 9.17) is 28.5 Å². The average molecular weight is 377 g/mol. The van der Waals surface area contributed by atoms with E-state index in [2.05, 4.69) is 10.6 Å². The molecule has 0 unspecified atom stereocenters. The molecule has 0 bridgehead atoms. The van der Waals surface area contributed by atoms with Crippen molar-refractivity contribution in [2.24, 2.45) is 0 Å². The van der Waals surface area contributed by atoms with Crippen LogP contribution in [0.3, 0.4) is 0 Å². The summed E-state index contributed by atoms with van der Waals surface area (Å²) in [6.45, 7) is 0. The molecule has 9 heteroatoms. The molecular formula is C16H10Cl2N4O3. The summed E-state index contributed by atoms with van der Waals surface area (Å²) in [6, 6.07) is 12.1. The van der Waals surface area contributed by atoms with Gasteiger partial charge in [-0.3, -0.25) is 14.9 Å². The molecule has 2 rings (SSSR count). The predicted molar refractivity (Wildman–Crippen MR) is 95.5 cm³/mol. The quantitative estimate of drug-likeness (QED) is 0.348. The van der Waals surface area contributed by atoms with Gasteiger partial charge in [0, 0.05) is 18.3 Å². The lowest BCUT2D eigenvalue weighted by Gasteiger charge is -2.07. The second-order valence-electron chi connectivity index (χ2n) is 4.67. The molecule has 0 saturated carbocycles. The molecule has 0 atom stereocenters. The molecule has 2 aromatic carbocycles. The maximum Gasteiger partial charge on any atom is 0.271 e. The highest BCUT2D eigenvalue weighted by molar-refractivity contribution is 6.34. The minimum absolute atomic E-state index is 0.0276. The van der Waals surface area contributed by atoms with Crippen molar-refractivity contribution in [1.82, 2.24) is 0 Å². The van der Waals surface area contributed by atoms with Crippen molar-refractivity contribution >= 4 is 46.2 Å². The molecule has 0 spiro atoms. The molecule has 0 aliphatic carbocycles. The number of hydrogen-bond donors (Lipinski definition) is 2. The second kappa shape index (κ2) is 8.15. The number of non-ortho nitro benzene ring substituents is 1. The highest BCUT2D eigenvalue weighted by Gasteiger charge is 2.15. The highest BCUT2D eigenvalue weighted by atomic mass is 35.5. The van der Waals surface area contributed by atoms with Gasteiger partial charge in [0.1, 0.15) is 11.6 Å². The summed E-state index contributed by atoms with van der Waals surface area (Å²) in [5.41, 5.74) is 0.0386. The van der Waals surface area contributed by atoms with Gasteiger partial charge in [0.05, 0.1) is 26.3 Å². The van der Waals surface area contributed by atoms with Gasteiger partial charge in [-0.05, 0) is 18.2 Å². The number of anilines is 2. The van der Waals surface area contributed by atoms with Gasteiger partial charge in [0.15, 0.2) is 0 Å². The zero-order chi connectivity index (χ0) is 18.4. The van der Waals surface area contributed by atoms with E-state index in [1.807, 2.05) is 0 Å². The number of rotatable bonds is 5. The summed E-state index contributed by atoms with van der Waals surface area (Å²) in [5, 5.41) is 25.6. The van der Waals surface area contributed by atoms with Crippen LogP contribution >= 0.6 is 23.2 Å². The Balaban J connectivity index is 2.19. The van der Waals surface area contributed by atoms with Crippen LogP contribution in [0.15, 0.2) is 54.2 Å². The van der Waals surface area contributed by atoms with Crippen LogP contribution in [-0.2, 0) is 4.79 Å². The molecule has 0 heterocycles. The van der Waals surface area contributed by atoms with E-state index in [9.17, 15) is 14.9 Å². The van der Waals surface area contributed by atoms with Crippen LogP contribution in [0.2, 0.25) is 10.0 Å². The van der Waals surface area contributed by atoms with Gasteiger partial charge in [-0.2, -0.15) is 5.26 Å². The van der Waals surface area contributed by atoms with Gasteiger partial charge < -0.3 is 10.6 Å². The number of carbonyl (C=O) groups excluding carboxylic acids is 1. The van der Waals surface area contributed by atoms with Gasteiger partial charge in [-0.25, -0.2) is 0 Å². The summed E-state index contributed by atoms with van der Waals surface area (Å²) in [4.78, 5) is 22.4. The fraction of sp³-hybridized carbons (Fsp3) is 0. The number of nitrogens with one attached hydrogen (secondary N) is 2. The third-order valence-corrected chi connectivity index (χ3v) is 3.68. The van der Waals surface area contributed by atoms with E-state index < -0.39 is 10.8 Å². The van der Waals surface area contributed by atoms with Crippen LogP contribution in [-0.4, -0.2) is 10.8 Å². The Morgan fingerprint density at radius 2 is 1.84 bits per heavy atom. The first-order chi connectivity index (χ1) is 11.9. The van der Waals surface area contributed by atoms with E-state index in [1.165, 1.54) is 18.3 Å². The summed E-state index contributed by atoms with van der Waals surface area (Å²) in [7, 11) is 0. The number of hydrogen-bond acceptors (Lipinski definition) is 5. The fourth-order valence-electron chi connectivity index (χ4n) is 1.79. The van der Waals surface area contributed by atoms with Gasteiger partial charge >= 0.3 is 0 Å². The lowest BCUT2D eigenvalue weighted by Crippen LogP contribution is -2.15. The normalized spacial score (nSPS) is 10.7. The van der Waals surface area contributed by atoms with Crippen molar-refractivity contribution in [3.05, 3.63) is 74.4 Å². The summed E-state index contributed by atoms with van der Waals surface area (Å²) >= 11 is 11.9. The van der Waals surface area contributed by atoms with Crippen molar-refractivity contribution in [3.63, 3.8) is 0 Å². The predicted octanol–water partition coefficient (Wildman–Crippen LogP) is 4.36. The largest absolute Gasteiger partial charge is 0.359 e. The van der Waals surface area contributed by atoms with Crippen molar-refractivity contribution in [2.45, 2.75) is 0 Å². The molecule has 0 aromatic heterocycles. The van der Waals surface area contributed by atoms with Crippen molar-refractivity contribution in [1.29, 1.82) is 5.26 Å². The molecule has 2 aromatic rings. The van der Waals surface area contributed by atoms with Crippen LogP contribution in [0.4, 0.5) is 17.1 Å². The Morgan fingerprint density at radius 3 is 2.48 bits per heavy atom. The van der Waals surface area contributed by atoms with Gasteiger partial charge in [-0.15, -0.1) is 0 Å². The molecule has 0 aliphatic rings. The van der Waals surface area contributed by atoms with Crippen LogP contribution in [0, 0.1) is 21.4 Å². The third-order valence-electron chi connectivity index (χ3n) is 3.02. The second-order valence-corrected chi connectivity index (χ2v) is 5.48. The molecular weight excluding hydrogens is 367 g/mol. The Morgan fingerprint density at radius 1 is 1.16 bits per heavy atom. The van der Waals surface area contributed by atoms with Gasteiger partial charge in [0.25, 0.3) is 11.6 Å². The molecule has 0 fully saturated rings. The smallest absolute Gasteiger partial charge is 0.271 e. The van der Waals surface area contributed by atoms with Crippen LogP contribution < -0.4 is 10.6 Å². The number of nitrogens with zero attached hydrogens (tertiary/aromatic N) is 2. The first kappa shape index (κ1) is 18.3. The molecule has 0 radical (unpaired) electrons. The first-order valence-electron chi connectivity index (χ1n) is 6.79. The summed E-state index contributed by atoms with van der Waals surface area (Å²) in [5.74, 6) is -0.774. The number of benzene rings is 2. The van der Waals surface area contributed by atoms with Gasteiger partial charge in [0.2, 0.25) is 0 Å².